The van der Waals surface area contributed by atoms with Crippen LogP contribution < -0.4 is 0 Å². The van der Waals surface area contributed by atoms with Gasteiger partial charge in [-0.15, -0.1) is 0 Å². The molecule has 11 heavy (non-hydrogen) atoms. The minimum atomic E-state index is 0.707. The summed E-state index contributed by atoms with van der Waals surface area (Å²) in [5.74, 6) is 0.707. The summed E-state index contributed by atoms with van der Waals surface area (Å²) in [5, 5.41) is 0. The first-order valence-electron chi connectivity index (χ1n) is 3.24. The lowest BCUT2D eigenvalue weighted by Gasteiger charge is -1.91. The van der Waals surface area contributed by atoms with Crippen molar-refractivity contribution in [3.63, 3.8) is 0 Å². The van der Waals surface area contributed by atoms with Crippen molar-refractivity contribution in [1.29, 1.82) is 0 Å². The highest BCUT2D eigenvalue weighted by molar-refractivity contribution is 5.72. The molecule has 0 N–H and O–H groups in total. The summed E-state index contributed by atoms with van der Waals surface area (Å²) in [7, 11) is 0. The van der Waals surface area contributed by atoms with Crippen molar-refractivity contribution in [3.05, 3.63) is 29.9 Å². The molecule has 1 heterocycles. The first-order chi connectivity index (χ1) is 5.33. The Bertz CT molecular complexity index is 281. The molecule has 0 radical (unpaired) electrons. The summed E-state index contributed by atoms with van der Waals surface area (Å²) in [6.45, 7) is 1.80. The monoisotopic (exact) mass is 148 g/mol. The van der Waals surface area contributed by atoms with Crippen LogP contribution >= 0.6 is 0 Å². The molecule has 0 spiro atoms. The summed E-state index contributed by atoms with van der Waals surface area (Å²) in [6.07, 6.45) is 5.42. The van der Waals surface area contributed by atoms with E-state index >= 15 is 0 Å². The van der Waals surface area contributed by atoms with Crippen LogP contribution in [0.15, 0.2) is 18.3 Å². The number of rotatable bonds is 2. The maximum Gasteiger partial charge on any atom is 0.142 e. The van der Waals surface area contributed by atoms with Gasteiger partial charge >= 0.3 is 0 Å². The highest BCUT2D eigenvalue weighted by Gasteiger charge is 1.87. The Morgan fingerprint density at radius 2 is 2.36 bits per heavy atom. The molecule has 1 aromatic heterocycles. The Hall–Kier alpha value is -1.51. The van der Waals surface area contributed by atoms with E-state index in [1.807, 2.05) is 0 Å². The predicted octanol–water partition coefficient (Wildman–Crippen LogP) is 0.997. The van der Waals surface area contributed by atoms with Gasteiger partial charge in [0.25, 0.3) is 0 Å². The number of hydrogen-bond donors (Lipinski definition) is 0. The van der Waals surface area contributed by atoms with E-state index in [1.54, 1.807) is 25.3 Å². The lowest BCUT2D eigenvalue weighted by molar-refractivity contribution is -0.104. The largest absolute Gasteiger partial charge is 0.299 e. The van der Waals surface area contributed by atoms with Crippen LogP contribution in [-0.4, -0.2) is 16.3 Å². The number of carbonyl (C=O) groups excluding carboxylic acids is 1. The van der Waals surface area contributed by atoms with E-state index in [4.69, 9.17) is 0 Å². The van der Waals surface area contributed by atoms with Crippen molar-refractivity contribution in [1.82, 2.24) is 9.97 Å². The Balaban J connectivity index is 2.87. The van der Waals surface area contributed by atoms with E-state index in [1.165, 1.54) is 6.08 Å². The fourth-order valence-electron chi connectivity index (χ4n) is 0.705. The van der Waals surface area contributed by atoms with Crippen molar-refractivity contribution in [3.8, 4) is 0 Å². The first kappa shape index (κ1) is 7.60. The van der Waals surface area contributed by atoms with Gasteiger partial charge in [-0.1, -0.05) is 0 Å². The van der Waals surface area contributed by atoms with Gasteiger partial charge in [-0.2, -0.15) is 0 Å². The molecule has 0 aliphatic carbocycles. The van der Waals surface area contributed by atoms with Crippen molar-refractivity contribution in [2.45, 2.75) is 6.92 Å². The normalized spacial score (nSPS) is 10.3. The van der Waals surface area contributed by atoms with Gasteiger partial charge in [-0.25, -0.2) is 9.97 Å². The molecule has 0 saturated carbocycles. The number of allylic oxidation sites excluding steroid dienone is 1. The minimum Gasteiger partial charge on any atom is -0.299 e. The van der Waals surface area contributed by atoms with Crippen molar-refractivity contribution in [2.75, 3.05) is 0 Å². The van der Waals surface area contributed by atoms with Crippen LogP contribution in [-0.2, 0) is 4.79 Å². The van der Waals surface area contributed by atoms with E-state index in [9.17, 15) is 4.79 Å². The maximum absolute atomic E-state index is 9.93. The molecular formula is C8H8N2O. The fourth-order valence-corrected chi connectivity index (χ4v) is 0.705. The predicted molar refractivity (Wildman–Crippen MR) is 41.9 cm³/mol. The highest BCUT2D eigenvalue weighted by atomic mass is 16.1. The zero-order valence-electron chi connectivity index (χ0n) is 6.19. The number of carbonyl (C=O) groups is 1. The van der Waals surface area contributed by atoms with Crippen LogP contribution in [0.5, 0.6) is 0 Å². The molecule has 0 unspecified atom stereocenters. The Labute approximate surface area is 64.8 Å². The first-order valence-corrected chi connectivity index (χ1v) is 3.24. The molecule has 0 fully saturated rings. The van der Waals surface area contributed by atoms with Gasteiger partial charge < -0.3 is 0 Å². The molecule has 0 aliphatic rings. The van der Waals surface area contributed by atoms with Gasteiger partial charge in [-0.05, 0) is 25.1 Å². The SMILES string of the molecule is Cc1nccc(/C=C/C=O)n1. The second kappa shape index (κ2) is 3.61. The van der Waals surface area contributed by atoms with Crippen LogP contribution in [0.2, 0.25) is 0 Å². The maximum atomic E-state index is 9.93. The number of aromatic nitrogens is 2. The molecule has 0 amide bonds. The Morgan fingerprint density at radius 3 is 3.00 bits per heavy atom. The number of nitrogens with zero attached hydrogens (tertiary/aromatic N) is 2. The average molecular weight is 148 g/mol. The van der Waals surface area contributed by atoms with Gasteiger partial charge in [0.2, 0.25) is 0 Å². The third-order valence-electron chi connectivity index (χ3n) is 1.14. The second-order valence-corrected chi connectivity index (χ2v) is 2.02. The van der Waals surface area contributed by atoms with Gasteiger partial charge in [-0.3, -0.25) is 4.79 Å². The smallest absolute Gasteiger partial charge is 0.142 e. The molecular weight excluding hydrogens is 140 g/mol. The van der Waals surface area contributed by atoms with Crippen molar-refractivity contribution >= 4 is 12.4 Å². The molecule has 3 heteroatoms. The van der Waals surface area contributed by atoms with E-state index in [0.29, 0.717) is 5.82 Å². The Morgan fingerprint density at radius 1 is 1.55 bits per heavy atom. The fraction of sp³-hybridized carbons (Fsp3) is 0.125. The quantitative estimate of drug-likeness (QED) is 0.464. The molecule has 1 rings (SSSR count). The van der Waals surface area contributed by atoms with Gasteiger partial charge in [0.1, 0.15) is 12.1 Å². The van der Waals surface area contributed by atoms with E-state index in [-0.39, 0.29) is 0 Å². The van der Waals surface area contributed by atoms with Gasteiger partial charge in [0.05, 0.1) is 5.69 Å². The summed E-state index contributed by atoms with van der Waals surface area (Å²) >= 11 is 0. The standard InChI is InChI=1S/C8H8N2O/c1-7-9-5-4-8(10-7)3-2-6-11/h2-6H,1H3/b3-2+. The van der Waals surface area contributed by atoms with Gasteiger partial charge in [0.15, 0.2) is 0 Å². The number of hydrogen-bond acceptors (Lipinski definition) is 3. The van der Waals surface area contributed by atoms with E-state index in [0.717, 1.165) is 12.0 Å². The zero-order valence-corrected chi connectivity index (χ0v) is 6.19. The van der Waals surface area contributed by atoms with E-state index in [2.05, 4.69) is 9.97 Å². The Kier molecular flexibility index (Phi) is 2.49. The molecule has 0 atom stereocenters. The van der Waals surface area contributed by atoms with E-state index < -0.39 is 0 Å². The summed E-state index contributed by atoms with van der Waals surface area (Å²) < 4.78 is 0. The molecule has 1 aromatic rings. The van der Waals surface area contributed by atoms with Crippen LogP contribution in [0, 0.1) is 6.92 Å². The third-order valence-corrected chi connectivity index (χ3v) is 1.14. The van der Waals surface area contributed by atoms with Gasteiger partial charge in [0, 0.05) is 6.20 Å². The van der Waals surface area contributed by atoms with Crippen molar-refractivity contribution < 1.29 is 4.79 Å². The highest BCUT2D eigenvalue weighted by Crippen LogP contribution is 1.95. The van der Waals surface area contributed by atoms with Crippen LogP contribution in [0.25, 0.3) is 6.08 Å². The lowest BCUT2D eigenvalue weighted by Crippen LogP contribution is -1.87. The lowest BCUT2D eigenvalue weighted by atomic mass is 10.3. The average Bonchev–Trinajstić information content (AvgIpc) is 2.01. The zero-order chi connectivity index (χ0) is 8.10. The summed E-state index contributed by atoms with van der Waals surface area (Å²) in [6, 6.07) is 1.74. The second-order valence-electron chi connectivity index (χ2n) is 2.02. The number of aryl methyl sites for hydroxylation is 1. The minimum absolute atomic E-state index is 0.707. The van der Waals surface area contributed by atoms with Crippen LogP contribution in [0.4, 0.5) is 0 Å². The number of aldehydes is 1. The third kappa shape index (κ3) is 2.29. The van der Waals surface area contributed by atoms with Crippen LogP contribution in [0.3, 0.4) is 0 Å². The molecule has 0 bridgehead atoms. The topological polar surface area (TPSA) is 42.9 Å². The summed E-state index contributed by atoms with van der Waals surface area (Å²) in [4.78, 5) is 17.9. The van der Waals surface area contributed by atoms with Crippen LogP contribution in [0.1, 0.15) is 11.5 Å². The molecule has 56 valence electrons. The molecule has 0 saturated heterocycles. The van der Waals surface area contributed by atoms with Crippen molar-refractivity contribution in [2.24, 2.45) is 0 Å². The summed E-state index contributed by atoms with van der Waals surface area (Å²) in [5.41, 5.74) is 0.754. The molecule has 0 aliphatic heterocycles. The molecule has 3 nitrogen and oxygen atoms in total. The molecule has 0 aromatic carbocycles.